The van der Waals surface area contributed by atoms with Crippen LogP contribution in [-0.2, 0) is 17.8 Å². The molecule has 0 radical (unpaired) electrons. The van der Waals surface area contributed by atoms with Gasteiger partial charge in [-0.2, -0.15) is 0 Å². The van der Waals surface area contributed by atoms with Crippen LogP contribution in [0.5, 0.6) is 5.88 Å². The molecule has 0 saturated carbocycles. The van der Waals surface area contributed by atoms with Gasteiger partial charge in [0, 0.05) is 17.5 Å². The Hall–Kier alpha value is -2.88. The van der Waals surface area contributed by atoms with Crippen molar-refractivity contribution in [3.63, 3.8) is 0 Å². The number of aromatic nitrogens is 1. The van der Waals surface area contributed by atoms with Crippen LogP contribution in [0.4, 0.5) is 0 Å². The number of fused-ring (bicyclic) bond motifs is 2. The van der Waals surface area contributed by atoms with Gasteiger partial charge in [-0.15, -0.1) is 0 Å². The maximum Gasteiger partial charge on any atom is 0.260 e. The van der Waals surface area contributed by atoms with E-state index in [4.69, 9.17) is 9.72 Å². The van der Waals surface area contributed by atoms with Gasteiger partial charge in [-0.05, 0) is 43.0 Å². The number of aryl methyl sites for hydroxylation is 2. The van der Waals surface area contributed by atoms with E-state index in [2.05, 4.69) is 44.2 Å². The minimum absolute atomic E-state index is 0.0101. The number of hydrogen-bond donors (Lipinski definition) is 0. The average Bonchev–Trinajstić information content (AvgIpc) is 2.81. The lowest BCUT2D eigenvalue weighted by molar-refractivity contribution is -0.133. The maximum atomic E-state index is 12.5. The van der Waals surface area contributed by atoms with Crippen LogP contribution in [0.2, 0.25) is 0 Å². The molecular formula is C22H22N2O2. The number of rotatable bonds is 3. The number of benzene rings is 2. The van der Waals surface area contributed by atoms with Crippen LogP contribution in [0.15, 0.2) is 48.5 Å². The summed E-state index contributed by atoms with van der Waals surface area (Å²) in [7, 11) is 0. The van der Waals surface area contributed by atoms with Gasteiger partial charge in [0.2, 0.25) is 5.88 Å². The molecule has 0 saturated heterocycles. The first-order chi connectivity index (χ1) is 12.6. The van der Waals surface area contributed by atoms with Crippen molar-refractivity contribution in [2.75, 3.05) is 13.2 Å². The van der Waals surface area contributed by atoms with E-state index in [1.807, 2.05) is 23.1 Å². The van der Waals surface area contributed by atoms with Crippen molar-refractivity contribution < 1.29 is 9.53 Å². The molecule has 26 heavy (non-hydrogen) atoms. The number of carbonyl (C=O) groups excluding carboxylic acids is 1. The Morgan fingerprint density at radius 3 is 2.73 bits per heavy atom. The molecule has 0 aliphatic carbocycles. The van der Waals surface area contributed by atoms with Crippen molar-refractivity contribution in [2.24, 2.45) is 0 Å². The second-order valence-electron chi connectivity index (χ2n) is 6.87. The Morgan fingerprint density at radius 1 is 1.12 bits per heavy atom. The zero-order valence-corrected chi connectivity index (χ0v) is 15.2. The minimum Gasteiger partial charge on any atom is -0.467 e. The van der Waals surface area contributed by atoms with Gasteiger partial charge in [-0.25, -0.2) is 4.98 Å². The van der Waals surface area contributed by atoms with E-state index in [0.717, 1.165) is 28.5 Å². The van der Waals surface area contributed by atoms with Gasteiger partial charge >= 0.3 is 0 Å². The number of carbonyl (C=O) groups is 1. The highest BCUT2D eigenvalue weighted by Gasteiger charge is 2.23. The van der Waals surface area contributed by atoms with E-state index >= 15 is 0 Å². The van der Waals surface area contributed by atoms with Crippen molar-refractivity contribution in [1.29, 1.82) is 0 Å². The monoisotopic (exact) mass is 346 g/mol. The third-order valence-electron chi connectivity index (χ3n) is 5.11. The van der Waals surface area contributed by atoms with Gasteiger partial charge in [0.1, 0.15) is 0 Å². The van der Waals surface area contributed by atoms with Crippen molar-refractivity contribution in [3.8, 4) is 5.88 Å². The predicted octanol–water partition coefficient (Wildman–Crippen LogP) is 3.82. The summed E-state index contributed by atoms with van der Waals surface area (Å²) in [6, 6.07) is 16.5. The van der Waals surface area contributed by atoms with Crippen LogP contribution in [0, 0.1) is 13.8 Å². The Bertz CT molecular complexity index is 967. The van der Waals surface area contributed by atoms with Crippen molar-refractivity contribution in [3.05, 3.63) is 70.8 Å². The normalized spacial score (nSPS) is 14.1. The largest absolute Gasteiger partial charge is 0.467 e. The van der Waals surface area contributed by atoms with Crippen molar-refractivity contribution in [1.82, 2.24) is 9.88 Å². The standard InChI is InChI=1S/C22H22N2O2/c1-15-8-9-18-12-19-13-24(11-10-17-6-4-3-5-7-17)20(25)14-26-22(19)23-21(18)16(15)2/h3-9,12H,10-11,13-14H2,1-2H3. The summed E-state index contributed by atoms with van der Waals surface area (Å²) >= 11 is 0. The highest BCUT2D eigenvalue weighted by molar-refractivity contribution is 5.85. The molecule has 3 aromatic rings. The number of nitrogens with zero attached hydrogens (tertiary/aromatic N) is 2. The summed E-state index contributed by atoms with van der Waals surface area (Å²) in [4.78, 5) is 19.1. The predicted molar refractivity (Wildman–Crippen MR) is 102 cm³/mol. The van der Waals surface area contributed by atoms with Crippen LogP contribution in [0.25, 0.3) is 10.9 Å². The molecule has 132 valence electrons. The summed E-state index contributed by atoms with van der Waals surface area (Å²) in [6.45, 7) is 5.42. The summed E-state index contributed by atoms with van der Waals surface area (Å²) in [6.07, 6.45) is 0.835. The fourth-order valence-electron chi connectivity index (χ4n) is 3.38. The lowest BCUT2D eigenvalue weighted by atomic mass is 10.0. The van der Waals surface area contributed by atoms with Gasteiger partial charge in [0.25, 0.3) is 5.91 Å². The first-order valence-corrected chi connectivity index (χ1v) is 8.96. The summed E-state index contributed by atoms with van der Waals surface area (Å²) < 4.78 is 5.74. The van der Waals surface area contributed by atoms with Gasteiger partial charge in [-0.1, -0.05) is 42.5 Å². The van der Waals surface area contributed by atoms with Crippen LogP contribution < -0.4 is 4.74 Å². The molecule has 2 heterocycles. The molecular weight excluding hydrogens is 324 g/mol. The van der Waals surface area contributed by atoms with Crippen LogP contribution in [0.3, 0.4) is 0 Å². The lowest BCUT2D eigenvalue weighted by Gasteiger charge is -2.20. The van der Waals surface area contributed by atoms with E-state index in [1.165, 1.54) is 11.1 Å². The molecule has 0 N–H and O–H groups in total. The van der Waals surface area contributed by atoms with Crippen molar-refractivity contribution in [2.45, 2.75) is 26.8 Å². The first-order valence-electron chi connectivity index (χ1n) is 8.96. The van der Waals surface area contributed by atoms with E-state index in [1.54, 1.807) is 0 Å². The average molecular weight is 346 g/mol. The number of hydrogen-bond acceptors (Lipinski definition) is 3. The molecule has 4 rings (SSSR count). The van der Waals surface area contributed by atoms with Gasteiger partial charge in [0.15, 0.2) is 6.61 Å². The SMILES string of the molecule is Cc1ccc2cc3c(nc2c1C)OCC(=O)N(CCc1ccccc1)C3. The van der Waals surface area contributed by atoms with Crippen LogP contribution >= 0.6 is 0 Å². The van der Waals surface area contributed by atoms with Crippen LogP contribution in [-0.4, -0.2) is 28.9 Å². The summed E-state index contributed by atoms with van der Waals surface area (Å²) in [5.41, 5.74) is 5.52. The van der Waals surface area contributed by atoms with E-state index < -0.39 is 0 Å². The number of ether oxygens (including phenoxy) is 1. The van der Waals surface area contributed by atoms with Crippen molar-refractivity contribution >= 4 is 16.8 Å². The second-order valence-corrected chi connectivity index (χ2v) is 6.87. The Morgan fingerprint density at radius 2 is 1.92 bits per heavy atom. The molecule has 0 spiro atoms. The Kier molecular flexibility index (Phi) is 4.33. The first kappa shape index (κ1) is 16.6. The fraction of sp³-hybridized carbons (Fsp3) is 0.273. The summed E-state index contributed by atoms with van der Waals surface area (Å²) in [5.74, 6) is 0.595. The number of pyridine rings is 1. The molecule has 0 atom stereocenters. The highest BCUT2D eigenvalue weighted by atomic mass is 16.5. The zero-order valence-electron chi connectivity index (χ0n) is 15.2. The molecule has 4 heteroatoms. The molecule has 0 bridgehead atoms. The summed E-state index contributed by atoms with van der Waals surface area (Å²) in [5, 5.41) is 1.09. The molecule has 1 aromatic heterocycles. The topological polar surface area (TPSA) is 42.4 Å². The molecule has 1 aliphatic rings. The third kappa shape index (κ3) is 3.15. The maximum absolute atomic E-state index is 12.5. The molecule has 0 unspecified atom stereocenters. The molecule has 0 fully saturated rings. The molecule has 4 nitrogen and oxygen atoms in total. The smallest absolute Gasteiger partial charge is 0.260 e. The van der Waals surface area contributed by atoms with E-state index in [-0.39, 0.29) is 12.5 Å². The Labute approximate surface area is 153 Å². The van der Waals surface area contributed by atoms with Gasteiger partial charge in [-0.3, -0.25) is 4.79 Å². The Balaban J connectivity index is 1.62. The second kappa shape index (κ2) is 6.79. The fourth-order valence-corrected chi connectivity index (χ4v) is 3.38. The zero-order chi connectivity index (χ0) is 18.1. The van der Waals surface area contributed by atoms with Crippen LogP contribution in [0.1, 0.15) is 22.3 Å². The lowest BCUT2D eigenvalue weighted by Crippen LogP contribution is -2.34. The van der Waals surface area contributed by atoms with E-state index in [9.17, 15) is 4.79 Å². The third-order valence-corrected chi connectivity index (χ3v) is 5.11. The van der Waals surface area contributed by atoms with Gasteiger partial charge in [0.05, 0.1) is 12.1 Å². The molecule has 2 aromatic carbocycles. The highest BCUT2D eigenvalue weighted by Crippen LogP contribution is 2.28. The molecule has 1 amide bonds. The van der Waals surface area contributed by atoms with Gasteiger partial charge < -0.3 is 9.64 Å². The number of amides is 1. The minimum atomic E-state index is 0.0101. The quantitative estimate of drug-likeness (QED) is 0.724. The molecule has 1 aliphatic heterocycles. The van der Waals surface area contributed by atoms with E-state index in [0.29, 0.717) is 19.0 Å².